The molecular formula is C13H8ClIN2O. The minimum atomic E-state index is 0.550. The number of hydrogen-bond acceptors (Lipinski definition) is 3. The number of benzene rings is 2. The fourth-order valence-corrected chi connectivity index (χ4v) is 2.21. The predicted octanol–water partition coefficient (Wildman–Crippen LogP) is 4.34. The van der Waals surface area contributed by atoms with Gasteiger partial charge >= 0.3 is 0 Å². The maximum absolute atomic E-state index is 6.09. The van der Waals surface area contributed by atoms with Crippen LogP contribution in [0.15, 0.2) is 40.8 Å². The number of aromatic nitrogens is 1. The first kappa shape index (κ1) is 11.8. The van der Waals surface area contributed by atoms with E-state index in [-0.39, 0.29) is 0 Å². The van der Waals surface area contributed by atoms with E-state index in [2.05, 4.69) is 27.6 Å². The zero-order valence-corrected chi connectivity index (χ0v) is 12.1. The van der Waals surface area contributed by atoms with E-state index in [9.17, 15) is 0 Å². The van der Waals surface area contributed by atoms with Gasteiger partial charge in [-0.15, -0.1) is 0 Å². The molecule has 0 aliphatic rings. The predicted molar refractivity (Wildman–Crippen MR) is 81.6 cm³/mol. The van der Waals surface area contributed by atoms with Gasteiger partial charge in [0.2, 0.25) is 5.89 Å². The van der Waals surface area contributed by atoms with Gasteiger partial charge in [0, 0.05) is 20.9 Å². The van der Waals surface area contributed by atoms with Crippen molar-refractivity contribution >= 4 is 51.0 Å². The van der Waals surface area contributed by atoms with Crippen molar-refractivity contribution < 1.29 is 4.42 Å². The molecule has 0 spiro atoms. The molecule has 1 aromatic heterocycles. The molecule has 18 heavy (non-hydrogen) atoms. The van der Waals surface area contributed by atoms with Crippen molar-refractivity contribution in [3.8, 4) is 11.5 Å². The lowest BCUT2D eigenvalue weighted by Crippen LogP contribution is -1.81. The Hall–Kier alpha value is -1.27. The lowest BCUT2D eigenvalue weighted by molar-refractivity contribution is 0.620. The number of nitrogens with zero attached hydrogens (tertiary/aromatic N) is 1. The summed E-state index contributed by atoms with van der Waals surface area (Å²) in [5, 5.41) is 0.690. The van der Waals surface area contributed by atoms with Crippen LogP contribution in [-0.4, -0.2) is 4.98 Å². The summed E-state index contributed by atoms with van der Waals surface area (Å²) in [6.07, 6.45) is 0. The smallest absolute Gasteiger partial charge is 0.227 e. The molecule has 0 radical (unpaired) electrons. The van der Waals surface area contributed by atoms with Crippen molar-refractivity contribution in [1.82, 2.24) is 4.98 Å². The van der Waals surface area contributed by atoms with Gasteiger partial charge in [-0.25, -0.2) is 4.98 Å². The van der Waals surface area contributed by atoms with Gasteiger partial charge in [-0.2, -0.15) is 0 Å². The minimum Gasteiger partial charge on any atom is -0.436 e. The first-order valence-electron chi connectivity index (χ1n) is 5.25. The Morgan fingerprint density at radius 1 is 1.17 bits per heavy atom. The van der Waals surface area contributed by atoms with Gasteiger partial charge in [0.15, 0.2) is 5.58 Å². The zero-order valence-electron chi connectivity index (χ0n) is 9.15. The first-order valence-corrected chi connectivity index (χ1v) is 6.70. The third-order valence-electron chi connectivity index (χ3n) is 2.58. The van der Waals surface area contributed by atoms with Crippen LogP contribution in [0.5, 0.6) is 0 Å². The molecule has 90 valence electrons. The minimum absolute atomic E-state index is 0.550. The molecule has 1 heterocycles. The fraction of sp³-hybridized carbons (Fsp3) is 0. The third kappa shape index (κ3) is 2.06. The molecule has 0 aliphatic carbocycles. The summed E-state index contributed by atoms with van der Waals surface area (Å²) in [4.78, 5) is 4.41. The summed E-state index contributed by atoms with van der Waals surface area (Å²) in [6, 6.07) is 11.1. The Balaban J connectivity index is 2.16. The molecule has 0 saturated carbocycles. The second kappa shape index (κ2) is 4.44. The number of nitrogen functional groups attached to an aromatic ring is 1. The summed E-state index contributed by atoms with van der Waals surface area (Å²) >= 11 is 8.27. The summed E-state index contributed by atoms with van der Waals surface area (Å²) < 4.78 is 6.68. The molecule has 0 atom stereocenters. The van der Waals surface area contributed by atoms with Crippen LogP contribution in [0, 0.1) is 3.57 Å². The average molecular weight is 371 g/mol. The average Bonchev–Trinajstić information content (AvgIpc) is 2.75. The summed E-state index contributed by atoms with van der Waals surface area (Å²) in [6.45, 7) is 0. The highest BCUT2D eigenvalue weighted by molar-refractivity contribution is 14.1. The van der Waals surface area contributed by atoms with E-state index in [0.29, 0.717) is 22.2 Å². The van der Waals surface area contributed by atoms with Crippen molar-refractivity contribution in [2.45, 2.75) is 0 Å². The molecule has 3 rings (SSSR count). The van der Waals surface area contributed by atoms with E-state index in [1.54, 1.807) is 12.1 Å². The Kier molecular flexibility index (Phi) is 2.91. The number of rotatable bonds is 1. The zero-order chi connectivity index (χ0) is 12.7. The molecule has 0 amide bonds. The summed E-state index contributed by atoms with van der Waals surface area (Å²) in [5.41, 5.74) is 8.69. The standard InChI is InChI=1S/C13H8ClIN2O/c14-9-5-7(1-3-10(9)15)13-17-11-4-2-8(16)6-12(11)18-13/h1-6H,16H2. The lowest BCUT2D eigenvalue weighted by atomic mass is 10.2. The molecule has 0 fully saturated rings. The molecule has 5 heteroatoms. The van der Waals surface area contributed by atoms with Crippen LogP contribution in [-0.2, 0) is 0 Å². The second-order valence-corrected chi connectivity index (χ2v) is 5.44. The van der Waals surface area contributed by atoms with Crippen LogP contribution in [0.3, 0.4) is 0 Å². The largest absolute Gasteiger partial charge is 0.436 e. The molecule has 3 nitrogen and oxygen atoms in total. The van der Waals surface area contributed by atoms with Crippen LogP contribution < -0.4 is 5.73 Å². The van der Waals surface area contributed by atoms with E-state index >= 15 is 0 Å². The van der Waals surface area contributed by atoms with Gasteiger partial charge < -0.3 is 10.2 Å². The maximum Gasteiger partial charge on any atom is 0.227 e. The van der Waals surface area contributed by atoms with Crippen molar-refractivity contribution in [3.05, 3.63) is 45.0 Å². The van der Waals surface area contributed by atoms with Crippen molar-refractivity contribution in [1.29, 1.82) is 0 Å². The van der Waals surface area contributed by atoms with Gasteiger partial charge in [-0.1, -0.05) is 11.6 Å². The maximum atomic E-state index is 6.09. The number of hydrogen-bond donors (Lipinski definition) is 1. The summed E-state index contributed by atoms with van der Waals surface area (Å²) in [7, 11) is 0. The number of fused-ring (bicyclic) bond motifs is 1. The Morgan fingerprint density at radius 2 is 2.00 bits per heavy atom. The summed E-state index contributed by atoms with van der Waals surface area (Å²) in [5.74, 6) is 0.550. The van der Waals surface area contributed by atoms with Crippen molar-refractivity contribution in [2.75, 3.05) is 5.73 Å². The van der Waals surface area contributed by atoms with E-state index < -0.39 is 0 Å². The van der Waals surface area contributed by atoms with E-state index in [4.69, 9.17) is 21.8 Å². The van der Waals surface area contributed by atoms with E-state index in [0.717, 1.165) is 14.7 Å². The quantitative estimate of drug-likeness (QED) is 0.512. The highest BCUT2D eigenvalue weighted by atomic mass is 127. The third-order valence-corrected chi connectivity index (χ3v) is 4.15. The SMILES string of the molecule is Nc1ccc2nc(-c3ccc(I)c(Cl)c3)oc2c1. The van der Waals surface area contributed by atoms with Gasteiger partial charge in [0.05, 0.1) is 5.02 Å². The van der Waals surface area contributed by atoms with E-state index in [1.807, 2.05) is 24.3 Å². The van der Waals surface area contributed by atoms with Gasteiger partial charge in [0.1, 0.15) is 5.52 Å². The van der Waals surface area contributed by atoms with Crippen molar-refractivity contribution in [3.63, 3.8) is 0 Å². The molecule has 0 bridgehead atoms. The topological polar surface area (TPSA) is 52.0 Å². The number of nitrogens with two attached hydrogens (primary N) is 1. The monoisotopic (exact) mass is 370 g/mol. The van der Waals surface area contributed by atoms with Crippen LogP contribution in [0.4, 0.5) is 5.69 Å². The van der Waals surface area contributed by atoms with Crippen molar-refractivity contribution in [2.24, 2.45) is 0 Å². The van der Waals surface area contributed by atoms with Gasteiger partial charge in [-0.3, -0.25) is 0 Å². The second-order valence-electron chi connectivity index (χ2n) is 3.88. The van der Waals surface area contributed by atoms with Crippen LogP contribution in [0.25, 0.3) is 22.6 Å². The lowest BCUT2D eigenvalue weighted by Gasteiger charge is -1.98. The Morgan fingerprint density at radius 3 is 2.78 bits per heavy atom. The van der Waals surface area contributed by atoms with Gasteiger partial charge in [-0.05, 0) is 52.9 Å². The molecule has 2 N–H and O–H groups in total. The highest BCUT2D eigenvalue weighted by Gasteiger charge is 2.09. The molecule has 0 unspecified atom stereocenters. The van der Waals surface area contributed by atoms with Crippen LogP contribution >= 0.6 is 34.2 Å². The molecular weight excluding hydrogens is 363 g/mol. The normalized spacial score (nSPS) is 11.0. The Labute approximate surface area is 122 Å². The molecule has 0 aliphatic heterocycles. The number of anilines is 1. The number of halogens is 2. The van der Waals surface area contributed by atoms with Crippen LogP contribution in [0.2, 0.25) is 5.02 Å². The molecule has 2 aromatic carbocycles. The number of oxazole rings is 1. The van der Waals surface area contributed by atoms with E-state index in [1.165, 1.54) is 0 Å². The van der Waals surface area contributed by atoms with Crippen LogP contribution in [0.1, 0.15) is 0 Å². The first-order chi connectivity index (χ1) is 8.63. The highest BCUT2D eigenvalue weighted by Crippen LogP contribution is 2.29. The van der Waals surface area contributed by atoms with Gasteiger partial charge in [0.25, 0.3) is 0 Å². The fourth-order valence-electron chi connectivity index (χ4n) is 1.69. The Bertz CT molecular complexity index is 739. The molecule has 0 saturated heterocycles. The molecule has 3 aromatic rings.